The van der Waals surface area contributed by atoms with Gasteiger partial charge in [-0.1, -0.05) is 18.8 Å². The van der Waals surface area contributed by atoms with Crippen LogP contribution in [-0.4, -0.2) is 12.5 Å². The quantitative estimate of drug-likeness (QED) is 0.742. The first-order chi connectivity index (χ1) is 7.67. The fourth-order valence-corrected chi connectivity index (χ4v) is 1.09. The van der Waals surface area contributed by atoms with Gasteiger partial charge in [0.05, 0.1) is 12.2 Å². The van der Waals surface area contributed by atoms with Crippen molar-refractivity contribution in [2.24, 2.45) is 5.73 Å². The highest BCUT2D eigenvalue weighted by atomic mass is 19.1. The number of hydrogen-bond acceptors (Lipinski definition) is 2. The molecular weight excluding hydrogens is 207 g/mol. The van der Waals surface area contributed by atoms with Gasteiger partial charge < -0.3 is 11.1 Å². The summed E-state index contributed by atoms with van der Waals surface area (Å²) in [5, 5.41) is 2.46. The molecule has 0 aromatic heterocycles. The van der Waals surface area contributed by atoms with Gasteiger partial charge in [-0.25, -0.2) is 4.39 Å². The van der Waals surface area contributed by atoms with Crippen LogP contribution in [0.4, 0.5) is 10.1 Å². The van der Waals surface area contributed by atoms with Crippen molar-refractivity contribution in [3.8, 4) is 11.8 Å². The number of nitrogens with one attached hydrogen (secondary N) is 1. The second kappa shape index (κ2) is 5.89. The minimum absolute atomic E-state index is 0.171. The van der Waals surface area contributed by atoms with Crippen LogP contribution in [0.1, 0.15) is 18.9 Å². The van der Waals surface area contributed by atoms with Crippen molar-refractivity contribution in [3.05, 3.63) is 29.6 Å². The lowest BCUT2D eigenvalue weighted by Crippen LogP contribution is -2.10. The van der Waals surface area contributed by atoms with E-state index in [1.807, 2.05) is 0 Å². The van der Waals surface area contributed by atoms with E-state index in [9.17, 15) is 9.18 Å². The monoisotopic (exact) mass is 220 g/mol. The molecule has 16 heavy (non-hydrogen) atoms. The van der Waals surface area contributed by atoms with Crippen molar-refractivity contribution in [3.63, 3.8) is 0 Å². The molecule has 0 spiro atoms. The Labute approximate surface area is 93.8 Å². The molecular formula is C12H13FN2O. The molecule has 1 aromatic rings. The highest BCUT2D eigenvalue weighted by molar-refractivity contribution is 5.90. The SMILES string of the molecule is CCC(=O)Nc1ccc(C#CCN)cc1F. The van der Waals surface area contributed by atoms with E-state index < -0.39 is 5.82 Å². The maximum atomic E-state index is 13.5. The number of rotatable bonds is 2. The van der Waals surface area contributed by atoms with Crippen LogP contribution in [0.2, 0.25) is 0 Å². The molecule has 0 aliphatic carbocycles. The van der Waals surface area contributed by atoms with Crippen LogP contribution >= 0.6 is 0 Å². The van der Waals surface area contributed by atoms with Crippen molar-refractivity contribution >= 4 is 11.6 Å². The van der Waals surface area contributed by atoms with E-state index in [4.69, 9.17) is 5.73 Å². The van der Waals surface area contributed by atoms with E-state index in [2.05, 4.69) is 17.2 Å². The van der Waals surface area contributed by atoms with Crippen LogP contribution in [0.25, 0.3) is 0 Å². The zero-order valence-corrected chi connectivity index (χ0v) is 9.01. The number of hydrogen-bond donors (Lipinski definition) is 2. The predicted octanol–water partition coefficient (Wildman–Crippen LogP) is 1.48. The Kier molecular flexibility index (Phi) is 4.49. The standard InChI is InChI=1S/C12H13FN2O/c1-2-12(16)15-11-6-5-9(4-3-7-14)8-10(11)13/h5-6,8H,2,7,14H2,1H3,(H,15,16). The number of halogens is 1. The van der Waals surface area contributed by atoms with Gasteiger partial charge in [0.25, 0.3) is 0 Å². The van der Waals surface area contributed by atoms with E-state index >= 15 is 0 Å². The average molecular weight is 220 g/mol. The first-order valence-electron chi connectivity index (χ1n) is 4.95. The van der Waals surface area contributed by atoms with E-state index in [0.717, 1.165) is 0 Å². The molecule has 1 aromatic carbocycles. The summed E-state index contributed by atoms with van der Waals surface area (Å²) in [7, 11) is 0. The molecule has 0 radical (unpaired) electrons. The predicted molar refractivity (Wildman–Crippen MR) is 61.3 cm³/mol. The third-order valence-electron chi connectivity index (χ3n) is 1.90. The van der Waals surface area contributed by atoms with Crippen LogP contribution in [0, 0.1) is 17.7 Å². The Bertz CT molecular complexity index is 446. The zero-order chi connectivity index (χ0) is 12.0. The molecule has 0 aliphatic rings. The van der Waals surface area contributed by atoms with Gasteiger partial charge in [-0.15, -0.1) is 0 Å². The Morgan fingerprint density at radius 3 is 2.88 bits per heavy atom. The Morgan fingerprint density at radius 2 is 2.31 bits per heavy atom. The molecule has 3 N–H and O–H groups in total. The van der Waals surface area contributed by atoms with Crippen LogP contribution in [-0.2, 0) is 4.79 Å². The van der Waals surface area contributed by atoms with Crippen LogP contribution in [0.3, 0.4) is 0 Å². The van der Waals surface area contributed by atoms with Gasteiger partial charge in [-0.3, -0.25) is 4.79 Å². The fraction of sp³-hybridized carbons (Fsp3) is 0.250. The Balaban J connectivity index is 2.87. The van der Waals surface area contributed by atoms with Gasteiger partial charge in [0.15, 0.2) is 0 Å². The minimum atomic E-state index is -0.495. The summed E-state index contributed by atoms with van der Waals surface area (Å²) >= 11 is 0. The molecule has 0 aliphatic heterocycles. The van der Waals surface area contributed by atoms with Crippen LogP contribution in [0.5, 0.6) is 0 Å². The van der Waals surface area contributed by atoms with Crippen molar-refractivity contribution < 1.29 is 9.18 Å². The zero-order valence-electron chi connectivity index (χ0n) is 9.01. The first kappa shape index (κ1) is 12.2. The molecule has 0 fully saturated rings. The lowest BCUT2D eigenvalue weighted by molar-refractivity contribution is -0.115. The molecule has 84 valence electrons. The minimum Gasteiger partial charge on any atom is -0.324 e. The number of anilines is 1. The lowest BCUT2D eigenvalue weighted by atomic mass is 10.2. The molecule has 0 unspecified atom stereocenters. The van der Waals surface area contributed by atoms with Crippen molar-refractivity contribution in [1.29, 1.82) is 0 Å². The normalized spacial score (nSPS) is 9.19. The highest BCUT2D eigenvalue weighted by Crippen LogP contribution is 2.15. The lowest BCUT2D eigenvalue weighted by Gasteiger charge is -2.04. The number of nitrogens with two attached hydrogens (primary N) is 1. The molecule has 0 bridgehead atoms. The molecule has 4 heteroatoms. The first-order valence-corrected chi connectivity index (χ1v) is 4.95. The third-order valence-corrected chi connectivity index (χ3v) is 1.90. The third kappa shape index (κ3) is 3.37. The molecule has 0 saturated carbocycles. The van der Waals surface area contributed by atoms with Gasteiger partial charge in [-0.05, 0) is 18.2 Å². The van der Waals surface area contributed by atoms with E-state index in [0.29, 0.717) is 12.0 Å². The van der Waals surface area contributed by atoms with E-state index in [1.165, 1.54) is 12.1 Å². The Hall–Kier alpha value is -1.86. The number of carbonyl (C=O) groups excluding carboxylic acids is 1. The average Bonchev–Trinajstić information content (AvgIpc) is 2.29. The fourth-order valence-electron chi connectivity index (χ4n) is 1.09. The second-order valence-corrected chi connectivity index (χ2v) is 3.10. The maximum Gasteiger partial charge on any atom is 0.224 e. The van der Waals surface area contributed by atoms with Crippen molar-refractivity contribution in [2.45, 2.75) is 13.3 Å². The molecule has 3 nitrogen and oxygen atoms in total. The topological polar surface area (TPSA) is 55.1 Å². The van der Waals surface area contributed by atoms with E-state index in [1.54, 1.807) is 13.0 Å². The maximum absolute atomic E-state index is 13.5. The summed E-state index contributed by atoms with van der Waals surface area (Å²) in [5.74, 6) is 4.62. The summed E-state index contributed by atoms with van der Waals surface area (Å²) in [4.78, 5) is 11.1. The van der Waals surface area contributed by atoms with Gasteiger partial charge >= 0.3 is 0 Å². The smallest absolute Gasteiger partial charge is 0.224 e. The summed E-state index contributed by atoms with van der Waals surface area (Å²) in [6.45, 7) is 1.93. The van der Waals surface area contributed by atoms with Crippen molar-refractivity contribution in [1.82, 2.24) is 0 Å². The molecule has 1 amide bonds. The summed E-state index contributed by atoms with van der Waals surface area (Å²) < 4.78 is 13.5. The molecule has 0 heterocycles. The largest absolute Gasteiger partial charge is 0.324 e. The van der Waals surface area contributed by atoms with Crippen LogP contribution in [0.15, 0.2) is 18.2 Å². The number of amides is 1. The summed E-state index contributed by atoms with van der Waals surface area (Å²) in [5.41, 5.74) is 5.91. The summed E-state index contributed by atoms with van der Waals surface area (Å²) in [6, 6.07) is 4.40. The molecule has 0 saturated heterocycles. The van der Waals surface area contributed by atoms with E-state index in [-0.39, 0.29) is 18.1 Å². The number of benzene rings is 1. The second-order valence-electron chi connectivity index (χ2n) is 3.10. The molecule has 1 rings (SSSR count). The number of carbonyl (C=O) groups is 1. The van der Waals surface area contributed by atoms with Crippen molar-refractivity contribution in [2.75, 3.05) is 11.9 Å². The molecule has 0 atom stereocenters. The van der Waals surface area contributed by atoms with Gasteiger partial charge in [0.1, 0.15) is 5.82 Å². The van der Waals surface area contributed by atoms with Gasteiger partial charge in [0.2, 0.25) is 5.91 Å². The van der Waals surface area contributed by atoms with Gasteiger partial charge in [0, 0.05) is 12.0 Å². The highest BCUT2D eigenvalue weighted by Gasteiger charge is 2.05. The van der Waals surface area contributed by atoms with Gasteiger partial charge in [-0.2, -0.15) is 0 Å². The Morgan fingerprint density at radius 1 is 1.56 bits per heavy atom. The summed E-state index contributed by atoms with van der Waals surface area (Å²) in [6.07, 6.45) is 0.314. The van der Waals surface area contributed by atoms with Crippen LogP contribution < -0.4 is 11.1 Å².